The van der Waals surface area contributed by atoms with Gasteiger partial charge in [0.25, 0.3) is 0 Å². The van der Waals surface area contributed by atoms with Crippen molar-refractivity contribution in [1.82, 2.24) is 4.90 Å². The summed E-state index contributed by atoms with van der Waals surface area (Å²) in [6.45, 7) is 3.30. The van der Waals surface area contributed by atoms with Gasteiger partial charge in [-0.25, -0.2) is 4.39 Å². The summed E-state index contributed by atoms with van der Waals surface area (Å²) >= 11 is 0. The third kappa shape index (κ3) is 4.07. The van der Waals surface area contributed by atoms with Crippen LogP contribution in [0.15, 0.2) is 54.6 Å². The normalized spacial score (nSPS) is 15.4. The predicted octanol–water partition coefficient (Wildman–Crippen LogP) is 2.59. The zero-order valence-electron chi connectivity index (χ0n) is 12.9. The van der Waals surface area contributed by atoms with E-state index in [1.807, 2.05) is 41.3 Å². The molecule has 0 spiro atoms. The smallest absolute Gasteiger partial charge is 0.238 e. The molecule has 1 saturated heterocycles. The van der Waals surface area contributed by atoms with Gasteiger partial charge in [0.05, 0.1) is 12.2 Å². The van der Waals surface area contributed by atoms with Gasteiger partial charge in [-0.2, -0.15) is 0 Å². The van der Waals surface area contributed by atoms with E-state index in [4.69, 9.17) is 0 Å². The second-order valence-corrected chi connectivity index (χ2v) is 5.63. The van der Waals surface area contributed by atoms with Crippen LogP contribution in [0.3, 0.4) is 0 Å². The number of rotatable bonds is 4. The van der Waals surface area contributed by atoms with E-state index in [0.29, 0.717) is 12.2 Å². The van der Waals surface area contributed by atoms with Crippen molar-refractivity contribution in [3.8, 4) is 0 Å². The van der Waals surface area contributed by atoms with E-state index in [1.54, 1.807) is 12.1 Å². The number of halogens is 1. The van der Waals surface area contributed by atoms with Gasteiger partial charge < -0.3 is 10.2 Å². The molecule has 0 saturated carbocycles. The fraction of sp³-hybridized carbons (Fsp3) is 0.278. The highest BCUT2D eigenvalue weighted by atomic mass is 19.1. The number of benzene rings is 2. The molecule has 3 rings (SSSR count). The Morgan fingerprint density at radius 1 is 0.957 bits per heavy atom. The van der Waals surface area contributed by atoms with E-state index < -0.39 is 0 Å². The number of hydrogen-bond donors (Lipinski definition) is 1. The van der Waals surface area contributed by atoms with Crippen molar-refractivity contribution in [2.75, 3.05) is 42.9 Å². The lowest BCUT2D eigenvalue weighted by molar-refractivity contribution is -0.117. The molecule has 0 atom stereocenters. The molecule has 1 N–H and O–H groups in total. The molecule has 1 amide bonds. The van der Waals surface area contributed by atoms with Gasteiger partial charge in [0, 0.05) is 31.9 Å². The molecular weight excluding hydrogens is 293 g/mol. The third-order valence-corrected chi connectivity index (χ3v) is 3.99. The van der Waals surface area contributed by atoms with E-state index in [0.717, 1.165) is 31.9 Å². The van der Waals surface area contributed by atoms with Crippen LogP contribution in [-0.2, 0) is 4.79 Å². The maximum Gasteiger partial charge on any atom is 0.238 e. The van der Waals surface area contributed by atoms with E-state index >= 15 is 0 Å². The zero-order valence-corrected chi connectivity index (χ0v) is 12.9. The maximum atomic E-state index is 13.8. The van der Waals surface area contributed by atoms with Crippen LogP contribution in [0.25, 0.3) is 0 Å². The second-order valence-electron chi connectivity index (χ2n) is 5.63. The summed E-state index contributed by atoms with van der Waals surface area (Å²) < 4.78 is 13.8. The molecule has 2 aromatic carbocycles. The Bertz CT molecular complexity index is 654. The van der Waals surface area contributed by atoms with Crippen molar-refractivity contribution < 1.29 is 9.18 Å². The lowest BCUT2D eigenvalue weighted by Gasteiger charge is -2.35. The summed E-state index contributed by atoms with van der Waals surface area (Å²) in [7, 11) is 0. The Morgan fingerprint density at radius 2 is 1.61 bits per heavy atom. The molecular formula is C18H20FN3O. The number of piperazine rings is 1. The van der Waals surface area contributed by atoms with Gasteiger partial charge in [-0.3, -0.25) is 9.69 Å². The Kier molecular flexibility index (Phi) is 4.88. The average molecular weight is 313 g/mol. The first-order valence-electron chi connectivity index (χ1n) is 7.79. The highest BCUT2D eigenvalue weighted by molar-refractivity contribution is 5.92. The summed E-state index contributed by atoms with van der Waals surface area (Å²) in [6, 6.07) is 16.3. The molecule has 4 nitrogen and oxygen atoms in total. The molecule has 2 aromatic rings. The average Bonchev–Trinajstić information content (AvgIpc) is 2.57. The molecule has 1 aliphatic heterocycles. The van der Waals surface area contributed by atoms with Crippen molar-refractivity contribution in [3.63, 3.8) is 0 Å². The first-order valence-corrected chi connectivity index (χ1v) is 7.79. The van der Waals surface area contributed by atoms with Crippen LogP contribution in [0.2, 0.25) is 0 Å². The summed E-state index contributed by atoms with van der Waals surface area (Å²) in [5.41, 5.74) is 1.45. The highest BCUT2D eigenvalue weighted by Crippen LogP contribution is 2.20. The Hall–Kier alpha value is -2.40. The van der Waals surface area contributed by atoms with Gasteiger partial charge in [0.2, 0.25) is 5.91 Å². The minimum Gasteiger partial charge on any atom is -0.367 e. The quantitative estimate of drug-likeness (QED) is 0.942. The monoisotopic (exact) mass is 313 g/mol. The van der Waals surface area contributed by atoms with Gasteiger partial charge >= 0.3 is 0 Å². The number of nitrogens with one attached hydrogen (secondary N) is 1. The topological polar surface area (TPSA) is 35.6 Å². The largest absolute Gasteiger partial charge is 0.367 e. The summed E-state index contributed by atoms with van der Waals surface area (Å²) in [5, 5.41) is 2.89. The maximum absolute atomic E-state index is 13.8. The first kappa shape index (κ1) is 15.5. The van der Waals surface area contributed by atoms with Gasteiger partial charge in [0.15, 0.2) is 0 Å². The fourth-order valence-corrected chi connectivity index (χ4v) is 2.78. The number of para-hydroxylation sites is 2. The molecule has 120 valence electrons. The zero-order chi connectivity index (χ0) is 16.1. The number of nitrogens with zero attached hydrogens (tertiary/aromatic N) is 2. The summed E-state index contributed by atoms with van der Waals surface area (Å²) in [4.78, 5) is 16.2. The number of amides is 1. The Labute approximate surface area is 135 Å². The van der Waals surface area contributed by atoms with E-state index in [2.05, 4.69) is 10.2 Å². The van der Waals surface area contributed by atoms with E-state index in [9.17, 15) is 9.18 Å². The van der Waals surface area contributed by atoms with Crippen LogP contribution in [0, 0.1) is 5.82 Å². The predicted molar refractivity (Wildman–Crippen MR) is 90.1 cm³/mol. The van der Waals surface area contributed by atoms with Gasteiger partial charge in [0.1, 0.15) is 5.82 Å². The molecule has 0 radical (unpaired) electrons. The Morgan fingerprint density at radius 3 is 2.30 bits per heavy atom. The molecule has 0 bridgehead atoms. The molecule has 0 aliphatic carbocycles. The number of carbonyl (C=O) groups excluding carboxylic acids is 1. The lowest BCUT2D eigenvalue weighted by atomic mass is 10.2. The van der Waals surface area contributed by atoms with Crippen molar-refractivity contribution in [2.45, 2.75) is 0 Å². The summed E-state index contributed by atoms with van der Waals surface area (Å²) in [6.07, 6.45) is 0. The number of carbonyl (C=O) groups is 1. The van der Waals surface area contributed by atoms with Crippen LogP contribution >= 0.6 is 0 Å². The van der Waals surface area contributed by atoms with Crippen LogP contribution in [0.4, 0.5) is 15.8 Å². The van der Waals surface area contributed by atoms with E-state index in [1.165, 1.54) is 6.07 Å². The molecule has 5 heteroatoms. The van der Waals surface area contributed by atoms with Crippen molar-refractivity contribution >= 4 is 17.3 Å². The molecule has 0 aromatic heterocycles. The molecule has 1 heterocycles. The second kappa shape index (κ2) is 7.24. The Balaban J connectivity index is 1.49. The van der Waals surface area contributed by atoms with Gasteiger partial charge in [-0.1, -0.05) is 30.3 Å². The van der Waals surface area contributed by atoms with Crippen LogP contribution < -0.4 is 10.2 Å². The SMILES string of the molecule is O=C(CN1CCN(c2ccccc2F)CC1)Nc1ccccc1. The fourth-order valence-electron chi connectivity index (χ4n) is 2.78. The summed E-state index contributed by atoms with van der Waals surface area (Å²) in [5.74, 6) is -0.210. The first-order chi connectivity index (χ1) is 11.2. The molecule has 0 unspecified atom stereocenters. The van der Waals surface area contributed by atoms with E-state index in [-0.39, 0.29) is 11.7 Å². The number of hydrogen-bond acceptors (Lipinski definition) is 3. The van der Waals surface area contributed by atoms with Crippen molar-refractivity contribution in [3.05, 3.63) is 60.4 Å². The molecule has 1 aliphatic rings. The molecule has 23 heavy (non-hydrogen) atoms. The van der Waals surface area contributed by atoms with Crippen LogP contribution in [0.1, 0.15) is 0 Å². The van der Waals surface area contributed by atoms with Crippen LogP contribution in [-0.4, -0.2) is 43.5 Å². The van der Waals surface area contributed by atoms with Crippen molar-refractivity contribution in [1.29, 1.82) is 0 Å². The lowest BCUT2D eigenvalue weighted by Crippen LogP contribution is -2.48. The minimum atomic E-state index is -0.192. The highest BCUT2D eigenvalue weighted by Gasteiger charge is 2.20. The molecule has 1 fully saturated rings. The van der Waals surface area contributed by atoms with Crippen molar-refractivity contribution in [2.24, 2.45) is 0 Å². The van der Waals surface area contributed by atoms with Gasteiger partial charge in [-0.05, 0) is 24.3 Å². The van der Waals surface area contributed by atoms with Gasteiger partial charge in [-0.15, -0.1) is 0 Å². The standard InChI is InChI=1S/C18H20FN3O/c19-16-8-4-5-9-17(16)22-12-10-21(11-13-22)14-18(23)20-15-6-2-1-3-7-15/h1-9H,10-14H2,(H,20,23). The van der Waals surface area contributed by atoms with Crippen LogP contribution in [0.5, 0.6) is 0 Å². The number of anilines is 2. The third-order valence-electron chi connectivity index (χ3n) is 3.99. The minimum absolute atomic E-state index is 0.0180.